The number of rotatable bonds is 1. The molecule has 17 heavy (non-hydrogen) atoms. The second-order valence-corrected chi connectivity index (χ2v) is 1.51. The molecule has 0 unspecified atom stereocenters. The van der Waals surface area contributed by atoms with Crippen molar-refractivity contribution in [3.8, 4) is 0 Å². The van der Waals surface area contributed by atoms with Crippen LogP contribution in [0.2, 0.25) is 0 Å². The van der Waals surface area contributed by atoms with Gasteiger partial charge >= 0.3 is 61.8 Å². The summed E-state index contributed by atoms with van der Waals surface area (Å²) >= 11 is 0. The van der Waals surface area contributed by atoms with Gasteiger partial charge < -0.3 is 54.8 Å². The van der Waals surface area contributed by atoms with Crippen molar-refractivity contribution in [1.82, 2.24) is 0 Å². The second kappa shape index (κ2) is 67.7. The monoisotopic (exact) mass is 334 g/mol. The van der Waals surface area contributed by atoms with Gasteiger partial charge in [-0.25, -0.2) is 5.26 Å². The summed E-state index contributed by atoms with van der Waals surface area (Å²) in [5.41, 5.74) is 0. The fourth-order valence-electron chi connectivity index (χ4n) is 0. The van der Waals surface area contributed by atoms with Crippen molar-refractivity contribution in [1.29, 1.82) is 0 Å². The molecule has 0 bridgehead atoms. The molecule has 17 heteroatoms. The molecule has 0 aliphatic rings. The Morgan fingerprint density at radius 1 is 0.647 bits per heavy atom. The van der Waals surface area contributed by atoms with Gasteiger partial charge in [0.1, 0.15) is 0 Å². The van der Waals surface area contributed by atoms with E-state index in [2.05, 4.69) is 4.33 Å². The van der Waals surface area contributed by atoms with Crippen molar-refractivity contribution >= 4 is 61.8 Å². The van der Waals surface area contributed by atoms with Gasteiger partial charge in [0.2, 0.25) is 0 Å². The molecule has 0 fully saturated rings. The van der Waals surface area contributed by atoms with Gasteiger partial charge in [-0.05, 0) is 0 Å². The Labute approximate surface area is 138 Å². The molecule has 0 aromatic carbocycles. The topological polar surface area (TPSA) is 399 Å². The van der Waals surface area contributed by atoms with Gasteiger partial charge in [-0.1, -0.05) is 4.33 Å². The fourth-order valence-corrected chi connectivity index (χ4v) is 0. The zero-order valence-corrected chi connectivity index (χ0v) is 8.34. The van der Waals surface area contributed by atoms with Crippen LogP contribution in [0.5, 0.6) is 0 Å². The van der Waals surface area contributed by atoms with Crippen LogP contribution in [0.4, 0.5) is 0 Å². The van der Waals surface area contributed by atoms with Crippen LogP contribution in [0.25, 0.3) is 0 Å². The first-order valence-electron chi connectivity index (χ1n) is 0.865. The Morgan fingerprint density at radius 2 is 0.706 bits per heavy atom. The van der Waals surface area contributed by atoms with Crippen LogP contribution in [0, 0.1) is 0 Å². The fraction of sp³-hybridized carbons (Fsp3) is 0. The Kier molecular flexibility index (Phi) is 569. The van der Waals surface area contributed by atoms with Gasteiger partial charge in [0, 0.05) is 0 Å². The molecule has 0 spiro atoms. The molecule has 0 heterocycles. The van der Waals surface area contributed by atoms with Gasteiger partial charge in [-0.2, -0.15) is 8.42 Å². The van der Waals surface area contributed by atoms with Crippen LogP contribution in [-0.2, 0) is 14.7 Å². The predicted molar refractivity (Wildman–Crippen MR) is 58.5 cm³/mol. The van der Waals surface area contributed by atoms with E-state index in [4.69, 9.17) is 18.2 Å². The van der Waals surface area contributed by atoms with Crippen LogP contribution >= 0.6 is 0 Å². The summed E-state index contributed by atoms with van der Waals surface area (Å²) < 4.78 is 28.0. The number of hydrogen-bond donors (Lipinski definition) is 2. The molecule has 0 aromatic heterocycles. The van der Waals surface area contributed by atoms with Crippen LogP contribution in [0.3, 0.4) is 0 Å². The molecule has 22 N–H and O–H groups in total. The van der Waals surface area contributed by atoms with Crippen molar-refractivity contribution in [3.05, 3.63) is 0 Å². The molecule has 0 rings (SSSR count). The summed E-state index contributed by atoms with van der Waals surface area (Å²) in [4.78, 5) is 0. The minimum absolute atomic E-state index is 0. The molecule has 0 saturated carbocycles. The van der Waals surface area contributed by atoms with Gasteiger partial charge in [-0.3, -0.25) is 4.55 Å². The first kappa shape index (κ1) is 143. The maximum atomic E-state index is 9.08. The molecular formula is H23KO15S. The standard InChI is InChI=1S/K.H2O5S.10H2O.H/c;1-5-6(2,3)4;;;;;;;;;;;/h;1H,(H,2,3,4);10*1H2;. The first-order valence-corrected chi connectivity index (χ1v) is 2.23. The van der Waals surface area contributed by atoms with Crippen LogP contribution in [-0.4, -0.2) is 124 Å². The molecule has 0 aromatic rings. The van der Waals surface area contributed by atoms with Gasteiger partial charge in [0.15, 0.2) is 0 Å². The van der Waals surface area contributed by atoms with E-state index < -0.39 is 10.4 Å². The van der Waals surface area contributed by atoms with E-state index in [1.807, 2.05) is 0 Å². The summed E-state index contributed by atoms with van der Waals surface area (Å²) in [6.07, 6.45) is 0. The van der Waals surface area contributed by atoms with Gasteiger partial charge in [0.25, 0.3) is 0 Å². The zero-order valence-electron chi connectivity index (χ0n) is 7.53. The minimum atomic E-state index is -4.61. The Balaban J connectivity index is -0.00000000227. The Hall–Kier alpha value is 1.07. The van der Waals surface area contributed by atoms with E-state index in [9.17, 15) is 0 Å². The first-order chi connectivity index (χ1) is 2.56. The van der Waals surface area contributed by atoms with Crippen molar-refractivity contribution in [2.45, 2.75) is 0 Å². The van der Waals surface area contributed by atoms with E-state index in [1.165, 1.54) is 0 Å². The van der Waals surface area contributed by atoms with E-state index in [0.717, 1.165) is 0 Å². The van der Waals surface area contributed by atoms with Crippen LogP contribution in [0.1, 0.15) is 0 Å². The van der Waals surface area contributed by atoms with Crippen molar-refractivity contribution in [2.24, 2.45) is 0 Å². The third-order valence-electron chi connectivity index (χ3n) is 0.0942. The van der Waals surface area contributed by atoms with Crippen LogP contribution < -0.4 is 0 Å². The van der Waals surface area contributed by atoms with Gasteiger partial charge in [0.05, 0.1) is 0 Å². The summed E-state index contributed by atoms with van der Waals surface area (Å²) in [5, 5.41) is 7.06. The quantitative estimate of drug-likeness (QED) is 0.203. The van der Waals surface area contributed by atoms with E-state index in [1.54, 1.807) is 0 Å². The number of hydrogen-bond acceptors (Lipinski definition) is 4. The van der Waals surface area contributed by atoms with Crippen LogP contribution in [0.15, 0.2) is 0 Å². The summed E-state index contributed by atoms with van der Waals surface area (Å²) in [6, 6.07) is 0. The van der Waals surface area contributed by atoms with Crippen molar-refractivity contribution in [2.75, 3.05) is 0 Å². The van der Waals surface area contributed by atoms with E-state index in [-0.39, 0.29) is 106 Å². The summed E-state index contributed by atoms with van der Waals surface area (Å²) in [7, 11) is -4.61. The van der Waals surface area contributed by atoms with Crippen molar-refractivity contribution < 1.29 is 77.3 Å². The average molecular weight is 334 g/mol. The van der Waals surface area contributed by atoms with Gasteiger partial charge in [-0.15, -0.1) is 0 Å². The molecule has 120 valence electrons. The summed E-state index contributed by atoms with van der Waals surface area (Å²) in [5.74, 6) is 0. The molecule has 0 saturated heterocycles. The third-order valence-corrected chi connectivity index (χ3v) is 0.283. The maximum absolute atomic E-state index is 9.08. The SMILES string of the molecule is O.O.O.O.O.O.O.O.O.O.O=S(=O)(O)OO.[KH]. The predicted octanol–water partition coefficient (Wildman–Crippen LogP) is -9.62. The molecule has 0 radical (unpaired) electrons. The Morgan fingerprint density at radius 3 is 0.706 bits per heavy atom. The third kappa shape index (κ3) is 234. The normalized spacial score (nSPS) is 4.12. The molecule has 0 aliphatic heterocycles. The molecule has 0 amide bonds. The molecule has 0 aliphatic carbocycles. The Bertz CT molecular complexity index is 113. The average Bonchev–Trinajstić information content (AvgIpc) is 1.35. The molecular weight excluding hydrogens is 311 g/mol. The second-order valence-electron chi connectivity index (χ2n) is 0.502. The zero-order chi connectivity index (χ0) is 5.21. The van der Waals surface area contributed by atoms with E-state index in [0.29, 0.717) is 0 Å². The summed E-state index contributed by atoms with van der Waals surface area (Å²) in [6.45, 7) is 0. The van der Waals surface area contributed by atoms with E-state index >= 15 is 0 Å². The molecule has 15 nitrogen and oxygen atoms in total. The molecule has 0 atom stereocenters. The van der Waals surface area contributed by atoms with Crippen molar-refractivity contribution in [3.63, 3.8) is 0 Å².